The van der Waals surface area contributed by atoms with E-state index in [-0.39, 0.29) is 22.9 Å². The number of hydrogen-bond acceptors (Lipinski definition) is 7. The summed E-state index contributed by atoms with van der Waals surface area (Å²) in [7, 11) is 0. The van der Waals surface area contributed by atoms with Crippen molar-refractivity contribution in [1.82, 2.24) is 4.98 Å². The van der Waals surface area contributed by atoms with E-state index in [4.69, 9.17) is 9.47 Å². The minimum atomic E-state index is -4.53. The number of pyridine rings is 1. The molecule has 2 aromatic carbocycles. The van der Waals surface area contributed by atoms with Crippen molar-refractivity contribution in [1.29, 1.82) is 0 Å². The summed E-state index contributed by atoms with van der Waals surface area (Å²) in [6.07, 6.45) is -3.90. The lowest BCUT2D eigenvalue weighted by Gasteiger charge is -2.10. The maximum absolute atomic E-state index is 12.6. The molecule has 0 bridgehead atoms. The molecule has 11 heteroatoms. The number of ether oxygens (including phenoxy) is 2. The number of thioether (sulfide) groups is 1. The molecule has 0 unspecified atom stereocenters. The molecule has 0 aliphatic rings. The number of amides is 1. The van der Waals surface area contributed by atoms with E-state index in [0.29, 0.717) is 29.0 Å². The number of Topliss-reactive ketones (excluding diaryl/α,β-unsaturated/α-hetero) is 1. The van der Waals surface area contributed by atoms with Crippen LogP contribution < -0.4 is 10.1 Å². The van der Waals surface area contributed by atoms with E-state index in [1.807, 2.05) is 6.92 Å². The highest BCUT2D eigenvalue weighted by molar-refractivity contribution is 8.00. The average molecular weight is 519 g/mol. The van der Waals surface area contributed by atoms with Gasteiger partial charge in [-0.25, -0.2) is 9.78 Å². The Morgan fingerprint density at radius 1 is 1.00 bits per heavy atom. The molecule has 0 radical (unpaired) electrons. The zero-order valence-corrected chi connectivity index (χ0v) is 19.8. The van der Waals surface area contributed by atoms with Crippen LogP contribution in [0.3, 0.4) is 0 Å². The van der Waals surface area contributed by atoms with Gasteiger partial charge in [-0.15, -0.1) is 11.8 Å². The van der Waals surface area contributed by atoms with Gasteiger partial charge in [0.2, 0.25) is 5.91 Å². The molecule has 0 fully saturated rings. The summed E-state index contributed by atoms with van der Waals surface area (Å²) in [6.45, 7) is 1.87. The average Bonchev–Trinajstić information content (AvgIpc) is 2.86. The molecule has 3 aromatic rings. The van der Waals surface area contributed by atoms with Crippen molar-refractivity contribution in [3.63, 3.8) is 0 Å². The topological polar surface area (TPSA) is 94.6 Å². The first-order chi connectivity index (χ1) is 17.2. The quantitative estimate of drug-likeness (QED) is 0.222. The third-order valence-corrected chi connectivity index (χ3v) is 5.72. The van der Waals surface area contributed by atoms with Crippen LogP contribution in [0, 0.1) is 0 Å². The number of esters is 1. The number of benzene rings is 2. The Kier molecular flexibility index (Phi) is 9.07. The van der Waals surface area contributed by atoms with Crippen molar-refractivity contribution in [3.05, 3.63) is 83.6 Å². The molecule has 36 heavy (non-hydrogen) atoms. The minimum absolute atomic E-state index is 0.0332. The predicted molar refractivity (Wildman–Crippen MR) is 127 cm³/mol. The number of carbonyl (C=O) groups is 3. The lowest BCUT2D eigenvalue weighted by Crippen LogP contribution is -2.17. The highest BCUT2D eigenvalue weighted by Gasteiger charge is 2.30. The van der Waals surface area contributed by atoms with Gasteiger partial charge in [-0.1, -0.05) is 12.1 Å². The number of aromatic nitrogens is 1. The van der Waals surface area contributed by atoms with Crippen molar-refractivity contribution < 1.29 is 37.0 Å². The van der Waals surface area contributed by atoms with Crippen LogP contribution in [-0.4, -0.2) is 41.6 Å². The summed E-state index contributed by atoms with van der Waals surface area (Å²) < 4.78 is 48.4. The highest BCUT2D eigenvalue weighted by Crippen LogP contribution is 2.29. The Balaban J connectivity index is 1.54. The fourth-order valence-corrected chi connectivity index (χ4v) is 3.76. The smallest absolute Gasteiger partial charge is 0.417 e. The molecule has 1 amide bonds. The van der Waals surface area contributed by atoms with Gasteiger partial charge in [0.1, 0.15) is 11.6 Å². The molecule has 0 spiro atoms. The molecule has 1 heterocycles. The maximum Gasteiger partial charge on any atom is 0.417 e. The zero-order chi connectivity index (χ0) is 26.1. The molecule has 1 N–H and O–H groups in total. The summed E-state index contributed by atoms with van der Waals surface area (Å²) in [5, 5.41) is 2.40. The van der Waals surface area contributed by atoms with Gasteiger partial charge in [-0.05, 0) is 55.5 Å². The first-order valence-electron chi connectivity index (χ1n) is 10.7. The van der Waals surface area contributed by atoms with E-state index < -0.39 is 30.2 Å². The van der Waals surface area contributed by atoms with Crippen LogP contribution in [0.15, 0.2) is 71.8 Å². The van der Waals surface area contributed by atoms with Crippen LogP contribution in [0.1, 0.15) is 33.2 Å². The summed E-state index contributed by atoms with van der Waals surface area (Å²) >= 11 is 1.03. The third-order valence-electron chi connectivity index (χ3n) is 4.65. The number of carbonyl (C=O) groups excluding carboxylic acids is 3. The number of anilines is 1. The lowest BCUT2D eigenvalue weighted by molar-refractivity contribution is -0.137. The monoisotopic (exact) mass is 518 g/mol. The molecule has 0 aliphatic carbocycles. The molecule has 3 rings (SSSR count). The Hall–Kier alpha value is -3.86. The fourth-order valence-electron chi connectivity index (χ4n) is 2.91. The fraction of sp³-hybridized carbons (Fsp3) is 0.200. The number of rotatable bonds is 10. The van der Waals surface area contributed by atoms with Crippen LogP contribution in [0.4, 0.5) is 19.0 Å². The molecular weight excluding hydrogens is 497 g/mol. The minimum Gasteiger partial charge on any atom is -0.494 e. The molecule has 0 saturated carbocycles. The number of nitrogens with one attached hydrogen (secondary N) is 1. The maximum atomic E-state index is 12.6. The number of nitrogens with zero attached hydrogens (tertiary/aromatic N) is 1. The molecule has 0 aliphatic heterocycles. The van der Waals surface area contributed by atoms with Crippen molar-refractivity contribution >= 4 is 35.2 Å². The second-order valence-electron chi connectivity index (χ2n) is 7.22. The van der Waals surface area contributed by atoms with Gasteiger partial charge in [0.15, 0.2) is 12.4 Å². The predicted octanol–water partition coefficient (Wildman–Crippen LogP) is 5.27. The van der Waals surface area contributed by atoms with Crippen LogP contribution in [0.2, 0.25) is 0 Å². The summed E-state index contributed by atoms with van der Waals surface area (Å²) in [6, 6.07) is 14.7. The summed E-state index contributed by atoms with van der Waals surface area (Å²) in [5.74, 6) is -1.20. The highest BCUT2D eigenvalue weighted by atomic mass is 32.2. The first-order valence-corrected chi connectivity index (χ1v) is 11.6. The van der Waals surface area contributed by atoms with Gasteiger partial charge >= 0.3 is 12.1 Å². The largest absolute Gasteiger partial charge is 0.494 e. The Bertz CT molecular complexity index is 1220. The molecule has 0 atom stereocenters. The van der Waals surface area contributed by atoms with Crippen LogP contribution in [-0.2, 0) is 15.7 Å². The SMILES string of the molecule is CCOc1ccc(C(=O)COC(=O)c2ccccc2SCC(=O)Nc2ccc(C(F)(F)F)cn2)cc1. The van der Waals surface area contributed by atoms with Gasteiger partial charge in [0.25, 0.3) is 0 Å². The number of ketones is 1. The number of alkyl halides is 3. The van der Waals surface area contributed by atoms with Crippen LogP contribution in [0.5, 0.6) is 5.75 Å². The number of hydrogen-bond donors (Lipinski definition) is 1. The van der Waals surface area contributed by atoms with Gasteiger partial charge in [0, 0.05) is 16.7 Å². The zero-order valence-electron chi connectivity index (χ0n) is 19.0. The second kappa shape index (κ2) is 12.2. The Labute approximate surface area is 209 Å². The molecule has 7 nitrogen and oxygen atoms in total. The van der Waals surface area contributed by atoms with E-state index in [2.05, 4.69) is 10.3 Å². The number of halogens is 3. The van der Waals surface area contributed by atoms with Gasteiger partial charge in [-0.2, -0.15) is 13.2 Å². The molecule has 188 valence electrons. The second-order valence-corrected chi connectivity index (χ2v) is 8.24. The van der Waals surface area contributed by atoms with Crippen LogP contribution >= 0.6 is 11.8 Å². The Morgan fingerprint density at radius 2 is 1.72 bits per heavy atom. The Morgan fingerprint density at radius 3 is 2.36 bits per heavy atom. The standard InChI is InChI=1S/C25H21F3N2O5S/c1-2-34-18-10-7-16(8-11-18)20(31)14-35-24(33)19-5-3-4-6-21(19)36-15-23(32)30-22-12-9-17(13-29-22)25(26,27)28/h3-13H,2,14-15H2,1H3,(H,29,30,32). The van der Waals surface area contributed by atoms with E-state index in [9.17, 15) is 27.6 Å². The van der Waals surface area contributed by atoms with Gasteiger partial charge in [-0.3, -0.25) is 9.59 Å². The molecule has 0 saturated heterocycles. The summed E-state index contributed by atoms with van der Waals surface area (Å²) in [5.41, 5.74) is -0.395. The van der Waals surface area contributed by atoms with E-state index >= 15 is 0 Å². The van der Waals surface area contributed by atoms with E-state index in [1.54, 1.807) is 42.5 Å². The van der Waals surface area contributed by atoms with Crippen LogP contribution in [0.25, 0.3) is 0 Å². The van der Waals surface area contributed by atoms with E-state index in [0.717, 1.165) is 23.9 Å². The lowest BCUT2D eigenvalue weighted by atomic mass is 10.1. The van der Waals surface area contributed by atoms with Crippen molar-refractivity contribution in [2.45, 2.75) is 18.0 Å². The normalized spacial score (nSPS) is 11.0. The van der Waals surface area contributed by atoms with Crippen molar-refractivity contribution in [3.8, 4) is 5.75 Å². The molecular formula is C25H21F3N2O5S. The van der Waals surface area contributed by atoms with Crippen molar-refractivity contribution in [2.75, 3.05) is 24.3 Å². The van der Waals surface area contributed by atoms with Gasteiger partial charge in [0.05, 0.1) is 23.5 Å². The van der Waals surface area contributed by atoms with Gasteiger partial charge < -0.3 is 14.8 Å². The molecule has 1 aromatic heterocycles. The third kappa shape index (κ3) is 7.57. The summed E-state index contributed by atoms with van der Waals surface area (Å²) in [4.78, 5) is 41.2. The first kappa shape index (κ1) is 26.7. The van der Waals surface area contributed by atoms with Crippen molar-refractivity contribution in [2.24, 2.45) is 0 Å². The van der Waals surface area contributed by atoms with E-state index in [1.165, 1.54) is 6.07 Å².